The van der Waals surface area contributed by atoms with Gasteiger partial charge in [0, 0.05) is 5.41 Å². The average Bonchev–Trinajstić information content (AvgIpc) is 2.55. The van der Waals surface area contributed by atoms with E-state index >= 15 is 0 Å². The van der Waals surface area contributed by atoms with Gasteiger partial charge in [0.1, 0.15) is 6.10 Å². The zero-order chi connectivity index (χ0) is 12.1. The summed E-state index contributed by atoms with van der Waals surface area (Å²) in [6.45, 7) is 2.21. The van der Waals surface area contributed by atoms with Gasteiger partial charge in [-0.3, -0.25) is 4.79 Å². The summed E-state index contributed by atoms with van der Waals surface area (Å²) in [4.78, 5) is 11.5. The monoisotopic (exact) mass is 236 g/mol. The lowest BCUT2D eigenvalue weighted by Crippen LogP contribution is -2.26. The van der Waals surface area contributed by atoms with Crippen LogP contribution >= 0.6 is 0 Å². The second kappa shape index (κ2) is 5.70. The smallest absolute Gasteiger partial charge is 0.307 e. The van der Waals surface area contributed by atoms with E-state index in [1.807, 2.05) is 0 Å². The first-order valence-corrected chi connectivity index (χ1v) is 7.07. The molecular formula is C15H24O2. The first-order valence-electron chi connectivity index (χ1n) is 7.07. The maximum absolute atomic E-state index is 11.5. The average molecular weight is 236 g/mol. The second-order valence-electron chi connectivity index (χ2n) is 5.83. The van der Waals surface area contributed by atoms with Crippen LogP contribution in [-0.4, -0.2) is 12.1 Å². The van der Waals surface area contributed by atoms with E-state index in [4.69, 9.17) is 4.74 Å². The highest BCUT2D eigenvalue weighted by atomic mass is 16.6. The van der Waals surface area contributed by atoms with Gasteiger partial charge in [0.15, 0.2) is 0 Å². The molecule has 96 valence electrons. The molecule has 0 aromatic heterocycles. The lowest BCUT2D eigenvalue weighted by Gasteiger charge is -2.26. The fourth-order valence-electron chi connectivity index (χ4n) is 2.98. The van der Waals surface area contributed by atoms with Crippen molar-refractivity contribution in [1.82, 2.24) is 0 Å². The third kappa shape index (κ3) is 3.34. The predicted octanol–water partition coefficient (Wildman–Crippen LogP) is 4.00. The molecule has 1 fully saturated rings. The molecule has 0 bridgehead atoms. The Morgan fingerprint density at radius 1 is 1.18 bits per heavy atom. The van der Waals surface area contributed by atoms with E-state index in [2.05, 4.69) is 19.1 Å². The number of fused-ring (bicyclic) bond motifs is 1. The summed E-state index contributed by atoms with van der Waals surface area (Å²) in [5.41, 5.74) is 0.0484. The Morgan fingerprint density at radius 3 is 2.71 bits per heavy atom. The Labute approximate surface area is 104 Å². The van der Waals surface area contributed by atoms with E-state index in [0.29, 0.717) is 6.42 Å². The molecule has 2 nitrogen and oxygen atoms in total. The van der Waals surface area contributed by atoms with Crippen molar-refractivity contribution >= 4 is 5.97 Å². The summed E-state index contributed by atoms with van der Waals surface area (Å²) in [6, 6.07) is 0. The Bertz CT molecular complexity index is 295. The summed E-state index contributed by atoms with van der Waals surface area (Å²) >= 11 is 0. The minimum atomic E-state index is -0.0166. The van der Waals surface area contributed by atoms with Gasteiger partial charge in [-0.25, -0.2) is 0 Å². The van der Waals surface area contributed by atoms with Gasteiger partial charge in [0.05, 0.1) is 6.42 Å². The Hall–Kier alpha value is -0.790. The van der Waals surface area contributed by atoms with Gasteiger partial charge in [-0.2, -0.15) is 0 Å². The van der Waals surface area contributed by atoms with Gasteiger partial charge in [0.25, 0.3) is 0 Å². The van der Waals surface area contributed by atoms with E-state index < -0.39 is 0 Å². The van der Waals surface area contributed by atoms with Crippen molar-refractivity contribution in [2.24, 2.45) is 5.41 Å². The molecule has 0 aromatic carbocycles. The third-order valence-corrected chi connectivity index (χ3v) is 4.17. The molecule has 0 N–H and O–H groups in total. The molecule has 1 aliphatic carbocycles. The molecule has 0 spiro atoms. The summed E-state index contributed by atoms with van der Waals surface area (Å²) < 4.78 is 5.45. The Balaban J connectivity index is 2.03. The van der Waals surface area contributed by atoms with Gasteiger partial charge >= 0.3 is 5.97 Å². The second-order valence-corrected chi connectivity index (χ2v) is 5.83. The van der Waals surface area contributed by atoms with Crippen LogP contribution in [0.15, 0.2) is 12.2 Å². The van der Waals surface area contributed by atoms with Crippen LogP contribution in [-0.2, 0) is 9.53 Å². The topological polar surface area (TPSA) is 26.3 Å². The molecule has 0 aromatic rings. The van der Waals surface area contributed by atoms with Crippen LogP contribution < -0.4 is 0 Å². The molecule has 1 heterocycles. The van der Waals surface area contributed by atoms with Crippen LogP contribution in [0.25, 0.3) is 0 Å². The van der Waals surface area contributed by atoms with Crippen molar-refractivity contribution in [3.63, 3.8) is 0 Å². The molecule has 0 radical (unpaired) electrons. The summed E-state index contributed by atoms with van der Waals surface area (Å²) in [5.74, 6) is -0.0166. The predicted molar refractivity (Wildman–Crippen MR) is 68.7 cm³/mol. The molecule has 2 rings (SSSR count). The molecule has 2 heteroatoms. The number of carbonyl (C=O) groups excluding carboxylic acids is 1. The first-order chi connectivity index (χ1) is 8.21. The van der Waals surface area contributed by atoms with Crippen LogP contribution in [0.3, 0.4) is 0 Å². The van der Waals surface area contributed by atoms with Crippen molar-refractivity contribution < 1.29 is 9.53 Å². The third-order valence-electron chi connectivity index (χ3n) is 4.17. The van der Waals surface area contributed by atoms with Crippen molar-refractivity contribution in [2.75, 3.05) is 0 Å². The maximum Gasteiger partial charge on any atom is 0.307 e. The molecule has 0 unspecified atom stereocenters. The highest BCUT2D eigenvalue weighted by Crippen LogP contribution is 2.41. The lowest BCUT2D eigenvalue weighted by atomic mass is 9.78. The highest BCUT2D eigenvalue weighted by molar-refractivity contribution is 5.73. The molecule has 0 amide bonds. The van der Waals surface area contributed by atoms with Crippen molar-refractivity contribution in [3.8, 4) is 0 Å². The fourth-order valence-corrected chi connectivity index (χ4v) is 2.98. The van der Waals surface area contributed by atoms with Crippen LogP contribution in [0.4, 0.5) is 0 Å². The van der Waals surface area contributed by atoms with Crippen LogP contribution in [0.5, 0.6) is 0 Å². The highest BCUT2D eigenvalue weighted by Gasteiger charge is 2.43. The normalized spacial score (nSPS) is 37.5. The van der Waals surface area contributed by atoms with Gasteiger partial charge in [0.2, 0.25) is 0 Å². The SMILES string of the molecule is C[C@@]12CCCCCCCC/C=C\[C@@H]1OC(=O)C2. The van der Waals surface area contributed by atoms with E-state index in [-0.39, 0.29) is 17.5 Å². The van der Waals surface area contributed by atoms with Crippen LogP contribution in [0.2, 0.25) is 0 Å². The molecule has 1 aliphatic heterocycles. The van der Waals surface area contributed by atoms with Crippen molar-refractivity contribution in [1.29, 1.82) is 0 Å². The molecule has 0 saturated carbocycles. The molecule has 2 atom stereocenters. The van der Waals surface area contributed by atoms with Gasteiger partial charge < -0.3 is 4.74 Å². The number of hydrogen-bond donors (Lipinski definition) is 0. The van der Waals surface area contributed by atoms with E-state index in [1.165, 1.54) is 38.5 Å². The van der Waals surface area contributed by atoms with Gasteiger partial charge in [-0.1, -0.05) is 45.1 Å². The molecule has 2 aliphatic rings. The zero-order valence-corrected chi connectivity index (χ0v) is 10.9. The molecular weight excluding hydrogens is 212 g/mol. The summed E-state index contributed by atoms with van der Waals surface area (Å²) in [7, 11) is 0. The summed E-state index contributed by atoms with van der Waals surface area (Å²) in [6.07, 6.45) is 15.1. The van der Waals surface area contributed by atoms with Gasteiger partial charge in [-0.15, -0.1) is 0 Å². The lowest BCUT2D eigenvalue weighted by molar-refractivity contribution is -0.140. The fraction of sp³-hybridized carbons (Fsp3) is 0.800. The van der Waals surface area contributed by atoms with Crippen molar-refractivity contribution in [2.45, 2.75) is 70.8 Å². The number of ether oxygens (including phenoxy) is 1. The summed E-state index contributed by atoms with van der Waals surface area (Å²) in [5, 5.41) is 0. The van der Waals surface area contributed by atoms with Gasteiger partial charge in [-0.05, 0) is 25.3 Å². The van der Waals surface area contributed by atoms with Crippen LogP contribution in [0, 0.1) is 5.41 Å². The number of rotatable bonds is 0. The van der Waals surface area contributed by atoms with E-state index in [0.717, 1.165) is 12.8 Å². The first kappa shape index (κ1) is 12.7. The van der Waals surface area contributed by atoms with Crippen LogP contribution in [0.1, 0.15) is 64.7 Å². The number of esters is 1. The van der Waals surface area contributed by atoms with E-state index in [9.17, 15) is 4.79 Å². The number of allylic oxidation sites excluding steroid dienone is 1. The largest absolute Gasteiger partial charge is 0.457 e. The number of carbonyl (C=O) groups is 1. The van der Waals surface area contributed by atoms with E-state index in [1.54, 1.807) is 0 Å². The zero-order valence-electron chi connectivity index (χ0n) is 10.9. The van der Waals surface area contributed by atoms with Crippen molar-refractivity contribution in [3.05, 3.63) is 12.2 Å². The minimum absolute atomic E-state index is 0.0166. The minimum Gasteiger partial charge on any atom is -0.457 e. The quantitative estimate of drug-likeness (QED) is 0.469. The Kier molecular flexibility index (Phi) is 4.25. The molecule has 1 saturated heterocycles. The maximum atomic E-state index is 11.5. The Morgan fingerprint density at radius 2 is 1.88 bits per heavy atom. The standard InChI is InChI=1S/C15H24O2/c1-15-11-9-7-5-3-2-4-6-8-10-13(15)17-14(16)12-15/h8,10,13H,2-7,9,11-12H2,1H3/b10-8-/t13-,15-/m0/s1. The number of hydrogen-bond acceptors (Lipinski definition) is 2. The molecule has 17 heavy (non-hydrogen) atoms.